The Labute approximate surface area is 138 Å². The van der Waals surface area contributed by atoms with Crippen molar-refractivity contribution >= 4 is 23.2 Å². The lowest BCUT2D eigenvalue weighted by Crippen LogP contribution is -2.13. The Morgan fingerprint density at radius 3 is 2.58 bits per heavy atom. The molecule has 6 nitrogen and oxygen atoms in total. The fourth-order valence-electron chi connectivity index (χ4n) is 2.46. The predicted octanol–water partition coefficient (Wildman–Crippen LogP) is 3.11. The average Bonchev–Trinajstić information content (AvgIpc) is 2.99. The molecule has 122 valence electrons. The summed E-state index contributed by atoms with van der Waals surface area (Å²) >= 11 is 0. The van der Waals surface area contributed by atoms with Crippen molar-refractivity contribution in [3.8, 4) is 11.3 Å². The summed E-state index contributed by atoms with van der Waals surface area (Å²) in [6.45, 7) is 2.02. The van der Waals surface area contributed by atoms with E-state index in [1.165, 1.54) is 0 Å². The lowest BCUT2D eigenvalue weighted by molar-refractivity contribution is -0.138. The van der Waals surface area contributed by atoms with Gasteiger partial charge in [0.2, 0.25) is 5.91 Å². The number of hydrogen-bond acceptors (Lipinski definition) is 3. The number of carboxylic acids is 1. The van der Waals surface area contributed by atoms with Gasteiger partial charge >= 0.3 is 5.97 Å². The first-order valence-corrected chi connectivity index (χ1v) is 7.59. The molecule has 0 saturated heterocycles. The number of benzene rings is 1. The number of hydrogen-bond donors (Lipinski definition) is 2. The van der Waals surface area contributed by atoms with Crippen LogP contribution < -0.4 is 5.32 Å². The summed E-state index contributed by atoms with van der Waals surface area (Å²) in [4.78, 5) is 26.7. The maximum absolute atomic E-state index is 11.6. The molecule has 0 spiro atoms. The molecule has 0 aliphatic heterocycles. The van der Waals surface area contributed by atoms with E-state index in [4.69, 9.17) is 5.11 Å². The van der Waals surface area contributed by atoms with Crippen molar-refractivity contribution in [1.82, 2.24) is 9.38 Å². The van der Waals surface area contributed by atoms with Crippen LogP contribution in [-0.2, 0) is 9.59 Å². The Kier molecular flexibility index (Phi) is 4.29. The molecule has 3 rings (SSSR count). The number of amides is 1. The second-order valence-electron chi connectivity index (χ2n) is 5.57. The number of aryl methyl sites for hydroxylation is 1. The average molecular weight is 323 g/mol. The highest BCUT2D eigenvalue weighted by Crippen LogP contribution is 2.22. The fraction of sp³-hybridized carbons (Fsp3) is 0.167. The minimum Gasteiger partial charge on any atom is -0.481 e. The van der Waals surface area contributed by atoms with Crippen molar-refractivity contribution in [3.63, 3.8) is 0 Å². The highest BCUT2D eigenvalue weighted by molar-refractivity contribution is 5.92. The Morgan fingerprint density at radius 2 is 1.92 bits per heavy atom. The van der Waals surface area contributed by atoms with Gasteiger partial charge in [-0.25, -0.2) is 4.98 Å². The number of nitrogens with zero attached hydrogens (tertiary/aromatic N) is 2. The molecule has 24 heavy (non-hydrogen) atoms. The van der Waals surface area contributed by atoms with Crippen LogP contribution in [0.25, 0.3) is 16.9 Å². The van der Waals surface area contributed by atoms with Crippen LogP contribution in [-0.4, -0.2) is 26.4 Å². The summed E-state index contributed by atoms with van der Waals surface area (Å²) in [7, 11) is 0. The number of carbonyl (C=O) groups excluding carboxylic acids is 1. The smallest absolute Gasteiger partial charge is 0.303 e. The number of carboxylic acid groups (broad SMARTS) is 1. The van der Waals surface area contributed by atoms with Gasteiger partial charge in [0.1, 0.15) is 5.65 Å². The second-order valence-corrected chi connectivity index (χ2v) is 5.57. The molecule has 1 aromatic carbocycles. The number of rotatable bonds is 5. The number of fused-ring (bicyclic) bond motifs is 1. The summed E-state index contributed by atoms with van der Waals surface area (Å²) < 4.78 is 1.98. The number of nitrogens with one attached hydrogen (secondary N) is 1. The monoisotopic (exact) mass is 323 g/mol. The zero-order valence-electron chi connectivity index (χ0n) is 13.2. The number of anilines is 1. The van der Waals surface area contributed by atoms with Gasteiger partial charge in [-0.05, 0) is 30.7 Å². The lowest BCUT2D eigenvalue weighted by atomic mass is 10.1. The van der Waals surface area contributed by atoms with E-state index in [2.05, 4.69) is 10.3 Å². The van der Waals surface area contributed by atoms with Crippen LogP contribution in [0.3, 0.4) is 0 Å². The van der Waals surface area contributed by atoms with Crippen LogP contribution >= 0.6 is 0 Å². The molecule has 2 N–H and O–H groups in total. The fourth-order valence-corrected chi connectivity index (χ4v) is 2.46. The summed E-state index contributed by atoms with van der Waals surface area (Å²) in [5.41, 5.74) is 4.45. The van der Waals surface area contributed by atoms with E-state index in [0.717, 1.165) is 22.5 Å². The van der Waals surface area contributed by atoms with E-state index in [9.17, 15) is 9.59 Å². The summed E-state index contributed by atoms with van der Waals surface area (Å²) in [6, 6.07) is 11.3. The molecule has 0 bridgehead atoms. The predicted molar refractivity (Wildman–Crippen MR) is 90.9 cm³/mol. The quantitative estimate of drug-likeness (QED) is 0.755. The maximum Gasteiger partial charge on any atom is 0.303 e. The third-order valence-corrected chi connectivity index (χ3v) is 3.71. The standard InChI is InChI=1S/C18H17N3O3/c1-12-3-2-10-21-11-15(20-18(12)21)13-4-6-14(7-5-13)19-16(22)8-9-17(23)24/h2-7,10-11H,8-9H2,1H3,(H,19,22)(H,23,24). The van der Waals surface area contributed by atoms with Gasteiger partial charge < -0.3 is 14.8 Å². The molecular weight excluding hydrogens is 306 g/mol. The third kappa shape index (κ3) is 3.43. The number of aliphatic carboxylic acids is 1. The summed E-state index contributed by atoms with van der Waals surface area (Å²) in [6.07, 6.45) is 3.70. The molecule has 0 unspecified atom stereocenters. The van der Waals surface area contributed by atoms with Gasteiger partial charge in [0.05, 0.1) is 12.1 Å². The summed E-state index contributed by atoms with van der Waals surface area (Å²) in [5.74, 6) is -1.30. The molecule has 0 radical (unpaired) electrons. The molecule has 0 aliphatic rings. The van der Waals surface area contributed by atoms with Gasteiger partial charge in [-0.3, -0.25) is 9.59 Å². The summed E-state index contributed by atoms with van der Waals surface area (Å²) in [5, 5.41) is 11.3. The van der Waals surface area contributed by atoms with Crippen LogP contribution in [0.5, 0.6) is 0 Å². The van der Waals surface area contributed by atoms with Crippen molar-refractivity contribution < 1.29 is 14.7 Å². The van der Waals surface area contributed by atoms with E-state index in [-0.39, 0.29) is 18.7 Å². The van der Waals surface area contributed by atoms with Crippen LogP contribution in [0.15, 0.2) is 48.8 Å². The number of imidazole rings is 1. The molecule has 2 aromatic heterocycles. The Hall–Kier alpha value is -3.15. The zero-order chi connectivity index (χ0) is 17.1. The van der Waals surface area contributed by atoms with Crippen molar-refractivity contribution in [2.75, 3.05) is 5.32 Å². The van der Waals surface area contributed by atoms with Crippen molar-refractivity contribution in [3.05, 3.63) is 54.4 Å². The zero-order valence-corrected chi connectivity index (χ0v) is 13.2. The first-order valence-electron chi connectivity index (χ1n) is 7.59. The molecule has 0 fully saturated rings. The van der Waals surface area contributed by atoms with Crippen molar-refractivity contribution in [2.45, 2.75) is 19.8 Å². The molecule has 2 heterocycles. The molecule has 0 saturated carbocycles. The molecule has 6 heteroatoms. The van der Waals surface area contributed by atoms with E-state index >= 15 is 0 Å². The van der Waals surface area contributed by atoms with Crippen molar-refractivity contribution in [1.29, 1.82) is 0 Å². The minimum atomic E-state index is -0.984. The molecule has 3 aromatic rings. The number of aromatic nitrogens is 2. The number of carbonyl (C=O) groups is 2. The van der Waals surface area contributed by atoms with Crippen molar-refractivity contribution in [2.24, 2.45) is 0 Å². The molecule has 1 amide bonds. The minimum absolute atomic E-state index is 0.0389. The highest BCUT2D eigenvalue weighted by Gasteiger charge is 2.08. The van der Waals surface area contributed by atoms with E-state index in [1.54, 1.807) is 12.1 Å². The molecule has 0 atom stereocenters. The van der Waals surface area contributed by atoms with Crippen LogP contribution in [0.4, 0.5) is 5.69 Å². The van der Waals surface area contributed by atoms with E-state index in [1.807, 2.05) is 48.0 Å². The maximum atomic E-state index is 11.6. The largest absolute Gasteiger partial charge is 0.481 e. The second kappa shape index (κ2) is 6.54. The molecule has 0 aliphatic carbocycles. The van der Waals surface area contributed by atoms with Gasteiger partial charge in [-0.2, -0.15) is 0 Å². The Morgan fingerprint density at radius 1 is 1.17 bits per heavy atom. The third-order valence-electron chi connectivity index (χ3n) is 3.71. The lowest BCUT2D eigenvalue weighted by Gasteiger charge is -2.05. The SMILES string of the molecule is Cc1cccn2cc(-c3ccc(NC(=O)CCC(=O)O)cc3)nc12. The van der Waals surface area contributed by atoms with E-state index < -0.39 is 5.97 Å². The Balaban J connectivity index is 1.75. The van der Waals surface area contributed by atoms with Gasteiger partial charge in [-0.1, -0.05) is 18.2 Å². The van der Waals surface area contributed by atoms with Gasteiger partial charge in [0.25, 0.3) is 0 Å². The van der Waals surface area contributed by atoms with Crippen LogP contribution in [0.1, 0.15) is 18.4 Å². The Bertz CT molecular complexity index is 898. The first kappa shape index (κ1) is 15.7. The first-order chi connectivity index (χ1) is 11.5. The highest BCUT2D eigenvalue weighted by atomic mass is 16.4. The topological polar surface area (TPSA) is 83.7 Å². The van der Waals surface area contributed by atoms with E-state index in [0.29, 0.717) is 5.69 Å². The molecular formula is C18H17N3O3. The van der Waals surface area contributed by atoms with Crippen LogP contribution in [0, 0.1) is 6.92 Å². The van der Waals surface area contributed by atoms with Crippen LogP contribution in [0.2, 0.25) is 0 Å². The van der Waals surface area contributed by atoms with Gasteiger partial charge in [-0.15, -0.1) is 0 Å². The van der Waals surface area contributed by atoms with Gasteiger partial charge in [0, 0.05) is 30.1 Å². The normalized spacial score (nSPS) is 10.7. The number of pyridine rings is 1. The van der Waals surface area contributed by atoms with Gasteiger partial charge in [0.15, 0.2) is 0 Å².